The summed E-state index contributed by atoms with van der Waals surface area (Å²) in [5.41, 5.74) is 1.99. The molecule has 2 saturated heterocycles. The number of likely N-dealkylation sites (tertiary alicyclic amines) is 1. The van der Waals surface area contributed by atoms with Crippen LogP contribution < -0.4 is 4.90 Å². The van der Waals surface area contributed by atoms with E-state index >= 15 is 0 Å². The number of para-hydroxylation sites is 1. The largest absolute Gasteiger partial charge is 0.392 e. The van der Waals surface area contributed by atoms with Gasteiger partial charge in [0.05, 0.1) is 17.3 Å². The van der Waals surface area contributed by atoms with Crippen LogP contribution in [0.3, 0.4) is 0 Å². The van der Waals surface area contributed by atoms with Crippen molar-refractivity contribution >= 4 is 17.3 Å². The Balaban J connectivity index is 1.83. The fraction of sp³-hybridized carbons (Fsp3) is 0.625. The third-order valence-electron chi connectivity index (χ3n) is 4.90. The van der Waals surface area contributed by atoms with Crippen molar-refractivity contribution in [2.24, 2.45) is 5.92 Å². The first-order valence-electron chi connectivity index (χ1n) is 7.54. The average Bonchev–Trinajstić information content (AvgIpc) is 2.47. The quantitative estimate of drug-likeness (QED) is 0.908. The van der Waals surface area contributed by atoms with Crippen molar-refractivity contribution in [3.8, 4) is 0 Å². The number of hydrogen-bond acceptors (Lipinski definition) is 3. The normalized spacial score (nSPS) is 27.4. The van der Waals surface area contributed by atoms with E-state index in [4.69, 9.17) is 11.6 Å². The molecule has 1 aromatic carbocycles. The summed E-state index contributed by atoms with van der Waals surface area (Å²) in [6, 6.07) is 6.54. The number of piperidine rings is 2. The van der Waals surface area contributed by atoms with Crippen LogP contribution in [0.4, 0.5) is 5.69 Å². The molecule has 3 nitrogen and oxygen atoms in total. The zero-order valence-corrected chi connectivity index (χ0v) is 12.8. The van der Waals surface area contributed by atoms with E-state index in [1.807, 2.05) is 18.2 Å². The lowest BCUT2D eigenvalue weighted by Crippen LogP contribution is -2.53. The van der Waals surface area contributed by atoms with Gasteiger partial charge >= 0.3 is 0 Å². The molecule has 0 radical (unpaired) electrons. The summed E-state index contributed by atoms with van der Waals surface area (Å²) in [6.45, 7) is 3.38. The van der Waals surface area contributed by atoms with Gasteiger partial charge in [0.1, 0.15) is 0 Å². The van der Waals surface area contributed by atoms with Crippen LogP contribution in [0.2, 0.25) is 5.02 Å². The summed E-state index contributed by atoms with van der Waals surface area (Å²) in [4.78, 5) is 4.90. The van der Waals surface area contributed by atoms with Crippen LogP contribution in [0.1, 0.15) is 24.8 Å². The van der Waals surface area contributed by atoms with E-state index in [-0.39, 0.29) is 6.61 Å². The Labute approximate surface area is 126 Å². The summed E-state index contributed by atoms with van der Waals surface area (Å²) in [6.07, 6.45) is 3.79. The Kier molecular flexibility index (Phi) is 4.20. The maximum absolute atomic E-state index is 9.55. The summed E-state index contributed by atoms with van der Waals surface area (Å²) in [5.74, 6) is 0.727. The number of aliphatic hydroxyl groups excluding tert-OH is 1. The minimum Gasteiger partial charge on any atom is -0.392 e. The molecule has 3 rings (SSSR count). The summed E-state index contributed by atoms with van der Waals surface area (Å²) >= 11 is 6.38. The number of aliphatic hydroxyl groups is 1. The topological polar surface area (TPSA) is 26.7 Å². The highest BCUT2D eigenvalue weighted by Crippen LogP contribution is 2.36. The van der Waals surface area contributed by atoms with Crippen LogP contribution in [-0.2, 0) is 6.61 Å². The van der Waals surface area contributed by atoms with E-state index in [2.05, 4.69) is 16.8 Å². The van der Waals surface area contributed by atoms with Crippen molar-refractivity contribution in [3.05, 3.63) is 28.8 Å². The molecule has 2 aliphatic heterocycles. The molecule has 0 saturated carbocycles. The van der Waals surface area contributed by atoms with E-state index < -0.39 is 0 Å². The molecule has 2 atom stereocenters. The maximum atomic E-state index is 9.55. The van der Waals surface area contributed by atoms with Crippen molar-refractivity contribution in [1.29, 1.82) is 0 Å². The molecule has 2 heterocycles. The third-order valence-corrected chi connectivity index (χ3v) is 5.21. The number of anilines is 1. The minimum atomic E-state index is 0.0559. The van der Waals surface area contributed by atoms with Crippen molar-refractivity contribution in [2.75, 3.05) is 31.6 Å². The highest BCUT2D eigenvalue weighted by molar-refractivity contribution is 6.33. The number of halogens is 1. The SMILES string of the molecule is CN1CCCC2CN(c3c(Cl)cccc3CO)CCC21. The highest BCUT2D eigenvalue weighted by atomic mass is 35.5. The lowest BCUT2D eigenvalue weighted by Gasteiger charge is -2.47. The van der Waals surface area contributed by atoms with Gasteiger partial charge in [0.25, 0.3) is 0 Å². The van der Waals surface area contributed by atoms with Crippen LogP contribution >= 0.6 is 11.6 Å². The predicted molar refractivity (Wildman–Crippen MR) is 83.3 cm³/mol. The van der Waals surface area contributed by atoms with Gasteiger partial charge in [-0.2, -0.15) is 0 Å². The van der Waals surface area contributed by atoms with Gasteiger partial charge in [-0.05, 0) is 44.8 Å². The van der Waals surface area contributed by atoms with E-state index in [0.29, 0.717) is 0 Å². The lowest BCUT2D eigenvalue weighted by molar-refractivity contribution is 0.102. The van der Waals surface area contributed by atoms with Gasteiger partial charge in [0.2, 0.25) is 0 Å². The molecule has 2 aliphatic rings. The average molecular weight is 295 g/mol. The predicted octanol–water partition coefficient (Wildman–Crippen LogP) is 2.75. The Hall–Kier alpha value is -0.770. The molecule has 0 aromatic heterocycles. The van der Waals surface area contributed by atoms with Crippen molar-refractivity contribution in [2.45, 2.75) is 31.9 Å². The Bertz CT molecular complexity index is 480. The summed E-state index contributed by atoms with van der Waals surface area (Å²) in [5, 5.41) is 10.3. The van der Waals surface area contributed by atoms with E-state index in [1.165, 1.54) is 25.8 Å². The van der Waals surface area contributed by atoms with Gasteiger partial charge in [-0.25, -0.2) is 0 Å². The van der Waals surface area contributed by atoms with Gasteiger partial charge in [-0.3, -0.25) is 0 Å². The molecule has 0 aliphatic carbocycles. The lowest BCUT2D eigenvalue weighted by atomic mass is 9.84. The molecule has 0 bridgehead atoms. The second-order valence-electron chi connectivity index (χ2n) is 6.09. The highest BCUT2D eigenvalue weighted by Gasteiger charge is 2.35. The minimum absolute atomic E-state index is 0.0559. The number of hydrogen-bond donors (Lipinski definition) is 1. The Morgan fingerprint density at radius 2 is 2.15 bits per heavy atom. The van der Waals surface area contributed by atoms with Gasteiger partial charge in [-0.15, -0.1) is 0 Å². The molecule has 4 heteroatoms. The molecular weight excluding hydrogens is 272 g/mol. The molecule has 0 spiro atoms. The monoisotopic (exact) mass is 294 g/mol. The maximum Gasteiger partial charge on any atom is 0.0702 e. The van der Waals surface area contributed by atoms with Crippen LogP contribution in [0.25, 0.3) is 0 Å². The fourth-order valence-corrected chi connectivity index (χ4v) is 4.21. The number of benzene rings is 1. The van der Waals surface area contributed by atoms with E-state index in [9.17, 15) is 5.11 Å². The molecular formula is C16H23ClN2O. The third kappa shape index (κ3) is 2.54. The van der Waals surface area contributed by atoms with Crippen LogP contribution in [0.15, 0.2) is 18.2 Å². The molecule has 2 unspecified atom stereocenters. The summed E-state index contributed by atoms with van der Waals surface area (Å²) < 4.78 is 0. The number of fused-ring (bicyclic) bond motifs is 1. The van der Waals surface area contributed by atoms with Crippen LogP contribution in [-0.4, -0.2) is 42.7 Å². The van der Waals surface area contributed by atoms with Crippen molar-refractivity contribution in [1.82, 2.24) is 4.90 Å². The molecule has 0 amide bonds. The number of rotatable bonds is 2. The van der Waals surface area contributed by atoms with Crippen LogP contribution in [0.5, 0.6) is 0 Å². The van der Waals surface area contributed by atoms with E-state index in [1.54, 1.807) is 0 Å². The Morgan fingerprint density at radius 3 is 2.95 bits per heavy atom. The van der Waals surface area contributed by atoms with Crippen molar-refractivity contribution < 1.29 is 5.11 Å². The molecule has 1 aromatic rings. The zero-order chi connectivity index (χ0) is 14.1. The molecule has 1 N–H and O–H groups in total. The molecule has 2 fully saturated rings. The molecule has 20 heavy (non-hydrogen) atoms. The van der Waals surface area contributed by atoms with Crippen molar-refractivity contribution in [3.63, 3.8) is 0 Å². The smallest absolute Gasteiger partial charge is 0.0702 e. The van der Waals surface area contributed by atoms with Gasteiger partial charge in [-0.1, -0.05) is 23.7 Å². The van der Waals surface area contributed by atoms with E-state index in [0.717, 1.165) is 41.3 Å². The standard InChI is InChI=1S/C16H23ClN2O/c1-18-8-3-5-12-10-19(9-7-15(12)18)16-13(11-20)4-2-6-14(16)17/h2,4,6,12,15,20H,3,5,7-11H2,1H3. The molecule has 110 valence electrons. The van der Waals surface area contributed by atoms with Gasteiger partial charge in [0.15, 0.2) is 0 Å². The Morgan fingerprint density at radius 1 is 1.30 bits per heavy atom. The van der Waals surface area contributed by atoms with Gasteiger partial charge < -0.3 is 14.9 Å². The first-order valence-corrected chi connectivity index (χ1v) is 7.92. The summed E-state index contributed by atoms with van der Waals surface area (Å²) in [7, 11) is 2.25. The first kappa shape index (κ1) is 14.2. The first-order chi connectivity index (χ1) is 9.70. The second kappa shape index (κ2) is 5.92. The zero-order valence-electron chi connectivity index (χ0n) is 12.1. The van der Waals surface area contributed by atoms with Gasteiger partial charge in [0, 0.05) is 24.7 Å². The fourth-order valence-electron chi connectivity index (χ4n) is 3.90. The van der Waals surface area contributed by atoms with Crippen LogP contribution in [0, 0.1) is 5.92 Å². The second-order valence-corrected chi connectivity index (χ2v) is 6.50. The number of nitrogens with zero attached hydrogens (tertiary/aromatic N) is 2.